The van der Waals surface area contributed by atoms with Crippen LogP contribution in [0.2, 0.25) is 0 Å². The van der Waals surface area contributed by atoms with E-state index in [-0.39, 0.29) is 0 Å². The van der Waals surface area contributed by atoms with Crippen molar-refractivity contribution in [3.63, 3.8) is 0 Å². The number of hydrogen-bond donors (Lipinski definition) is 1. The molecule has 2 rings (SSSR count). The Morgan fingerprint density at radius 3 is 2.79 bits per heavy atom. The zero-order valence-electron chi connectivity index (χ0n) is 12.4. The lowest BCUT2D eigenvalue weighted by atomic mass is 9.91. The molecule has 1 unspecified atom stereocenters. The van der Waals surface area contributed by atoms with Gasteiger partial charge in [-0.3, -0.25) is 0 Å². The van der Waals surface area contributed by atoms with Crippen molar-refractivity contribution < 1.29 is 0 Å². The molecular formula is C18H27N. The maximum Gasteiger partial charge on any atom is 0.0144 e. The maximum atomic E-state index is 3.66. The predicted molar refractivity (Wildman–Crippen MR) is 83.5 cm³/mol. The zero-order valence-corrected chi connectivity index (χ0v) is 12.4. The number of aryl methyl sites for hydroxylation is 1. The molecule has 1 atom stereocenters. The van der Waals surface area contributed by atoms with Crippen LogP contribution in [0.1, 0.15) is 50.2 Å². The van der Waals surface area contributed by atoms with Crippen molar-refractivity contribution in [1.29, 1.82) is 0 Å². The molecule has 0 radical (unpaired) electrons. The standard InChI is InChI=1S/C18H27N/c1-3-19-18(13-16-9-5-4-6-10-16)14-17-11-7-8-15(2)12-17/h7-9,11-12,18-19H,3-6,10,13-14H2,1-2H3. The molecule has 1 aromatic rings. The van der Waals surface area contributed by atoms with Crippen LogP contribution in [0.3, 0.4) is 0 Å². The van der Waals surface area contributed by atoms with Gasteiger partial charge < -0.3 is 5.32 Å². The summed E-state index contributed by atoms with van der Waals surface area (Å²) in [5.41, 5.74) is 4.50. The number of hydrogen-bond acceptors (Lipinski definition) is 1. The summed E-state index contributed by atoms with van der Waals surface area (Å²) in [6, 6.07) is 9.52. The van der Waals surface area contributed by atoms with Gasteiger partial charge in [-0.2, -0.15) is 0 Å². The monoisotopic (exact) mass is 257 g/mol. The van der Waals surface area contributed by atoms with Gasteiger partial charge in [0.05, 0.1) is 0 Å². The largest absolute Gasteiger partial charge is 0.314 e. The van der Waals surface area contributed by atoms with Crippen molar-refractivity contribution in [3.8, 4) is 0 Å². The van der Waals surface area contributed by atoms with Gasteiger partial charge in [-0.15, -0.1) is 0 Å². The van der Waals surface area contributed by atoms with Gasteiger partial charge >= 0.3 is 0 Å². The lowest BCUT2D eigenvalue weighted by Gasteiger charge is -2.22. The van der Waals surface area contributed by atoms with Crippen molar-refractivity contribution >= 4 is 0 Å². The number of nitrogens with one attached hydrogen (secondary N) is 1. The molecule has 0 saturated carbocycles. The third-order valence-corrected chi connectivity index (χ3v) is 3.95. The van der Waals surface area contributed by atoms with Gasteiger partial charge in [0.2, 0.25) is 0 Å². The second-order valence-electron chi connectivity index (χ2n) is 5.76. The van der Waals surface area contributed by atoms with E-state index in [0.717, 1.165) is 13.0 Å². The van der Waals surface area contributed by atoms with Crippen LogP contribution in [0.4, 0.5) is 0 Å². The molecule has 19 heavy (non-hydrogen) atoms. The summed E-state index contributed by atoms with van der Waals surface area (Å²) < 4.78 is 0. The van der Waals surface area contributed by atoms with Crippen LogP contribution >= 0.6 is 0 Å². The van der Waals surface area contributed by atoms with Crippen LogP contribution in [-0.2, 0) is 6.42 Å². The number of allylic oxidation sites excluding steroid dienone is 1. The predicted octanol–water partition coefficient (Wildman–Crippen LogP) is 4.41. The molecule has 1 aliphatic rings. The second kappa shape index (κ2) is 7.49. The quantitative estimate of drug-likeness (QED) is 0.745. The molecule has 1 aliphatic carbocycles. The van der Waals surface area contributed by atoms with Crippen molar-refractivity contribution in [3.05, 3.63) is 47.0 Å². The molecule has 1 nitrogen and oxygen atoms in total. The second-order valence-corrected chi connectivity index (χ2v) is 5.76. The zero-order chi connectivity index (χ0) is 13.5. The smallest absolute Gasteiger partial charge is 0.0144 e. The molecule has 0 fully saturated rings. The summed E-state index contributed by atoms with van der Waals surface area (Å²) in [6.07, 6.45) is 10.2. The van der Waals surface area contributed by atoms with E-state index in [1.165, 1.54) is 43.2 Å². The Balaban J connectivity index is 1.97. The molecule has 1 heteroatoms. The molecule has 1 aromatic carbocycles. The van der Waals surface area contributed by atoms with Crippen LogP contribution in [0.5, 0.6) is 0 Å². The third-order valence-electron chi connectivity index (χ3n) is 3.95. The highest BCUT2D eigenvalue weighted by Gasteiger charge is 2.12. The Morgan fingerprint density at radius 1 is 1.21 bits per heavy atom. The molecule has 104 valence electrons. The third kappa shape index (κ3) is 4.83. The molecule has 0 bridgehead atoms. The Morgan fingerprint density at radius 2 is 2.11 bits per heavy atom. The first-order chi connectivity index (χ1) is 9.28. The fourth-order valence-corrected chi connectivity index (χ4v) is 3.04. The van der Waals surface area contributed by atoms with E-state index in [0.29, 0.717) is 6.04 Å². The summed E-state index contributed by atoms with van der Waals surface area (Å²) in [6.45, 7) is 5.44. The average molecular weight is 257 g/mol. The van der Waals surface area contributed by atoms with Crippen LogP contribution < -0.4 is 5.32 Å². The Kier molecular flexibility index (Phi) is 5.65. The van der Waals surface area contributed by atoms with Gasteiger partial charge in [-0.1, -0.05) is 48.4 Å². The Labute approximate surface area is 118 Å². The van der Waals surface area contributed by atoms with Crippen molar-refractivity contribution in [2.75, 3.05) is 6.54 Å². The first kappa shape index (κ1) is 14.3. The molecule has 0 aromatic heterocycles. The lowest BCUT2D eigenvalue weighted by molar-refractivity contribution is 0.504. The summed E-state index contributed by atoms with van der Waals surface area (Å²) in [5.74, 6) is 0. The number of rotatable bonds is 6. The van der Waals surface area contributed by atoms with Gasteiger partial charge in [0, 0.05) is 6.04 Å². The van der Waals surface area contributed by atoms with Crippen molar-refractivity contribution in [1.82, 2.24) is 5.32 Å². The highest BCUT2D eigenvalue weighted by atomic mass is 14.9. The molecule has 1 N–H and O–H groups in total. The fraction of sp³-hybridized carbons (Fsp3) is 0.556. The van der Waals surface area contributed by atoms with Gasteiger partial charge in [0.25, 0.3) is 0 Å². The topological polar surface area (TPSA) is 12.0 Å². The molecule has 0 spiro atoms. The Hall–Kier alpha value is -1.08. The molecular weight excluding hydrogens is 230 g/mol. The molecule has 0 saturated heterocycles. The number of likely N-dealkylation sites (N-methyl/N-ethyl adjacent to an activating group) is 1. The van der Waals surface area contributed by atoms with E-state index in [1.54, 1.807) is 5.57 Å². The van der Waals surface area contributed by atoms with Gasteiger partial charge in [0.1, 0.15) is 0 Å². The summed E-state index contributed by atoms with van der Waals surface area (Å²) in [7, 11) is 0. The minimum atomic E-state index is 0.594. The van der Waals surface area contributed by atoms with Gasteiger partial charge in [-0.05, 0) is 57.6 Å². The average Bonchev–Trinajstić information content (AvgIpc) is 2.40. The number of benzene rings is 1. The van der Waals surface area contributed by atoms with E-state index in [2.05, 4.69) is 49.5 Å². The minimum absolute atomic E-state index is 0.594. The van der Waals surface area contributed by atoms with Gasteiger partial charge in [-0.25, -0.2) is 0 Å². The van der Waals surface area contributed by atoms with Crippen LogP contribution in [-0.4, -0.2) is 12.6 Å². The van der Waals surface area contributed by atoms with Crippen LogP contribution in [0.15, 0.2) is 35.9 Å². The van der Waals surface area contributed by atoms with E-state index in [9.17, 15) is 0 Å². The van der Waals surface area contributed by atoms with E-state index in [1.807, 2.05) is 0 Å². The molecule has 0 amide bonds. The van der Waals surface area contributed by atoms with E-state index >= 15 is 0 Å². The summed E-state index contributed by atoms with van der Waals surface area (Å²) >= 11 is 0. The first-order valence-corrected chi connectivity index (χ1v) is 7.74. The fourth-order valence-electron chi connectivity index (χ4n) is 3.04. The van der Waals surface area contributed by atoms with Crippen molar-refractivity contribution in [2.45, 2.75) is 58.4 Å². The van der Waals surface area contributed by atoms with E-state index < -0.39 is 0 Å². The summed E-state index contributed by atoms with van der Waals surface area (Å²) in [4.78, 5) is 0. The van der Waals surface area contributed by atoms with E-state index in [4.69, 9.17) is 0 Å². The SMILES string of the molecule is CCNC(CC1=CCCCC1)Cc1cccc(C)c1. The van der Waals surface area contributed by atoms with Crippen LogP contribution in [0.25, 0.3) is 0 Å². The van der Waals surface area contributed by atoms with Crippen LogP contribution in [0, 0.1) is 6.92 Å². The lowest BCUT2D eigenvalue weighted by Crippen LogP contribution is -2.31. The minimum Gasteiger partial charge on any atom is -0.314 e. The highest BCUT2D eigenvalue weighted by Crippen LogP contribution is 2.22. The normalized spacial score (nSPS) is 17.1. The first-order valence-electron chi connectivity index (χ1n) is 7.74. The highest BCUT2D eigenvalue weighted by molar-refractivity contribution is 5.23. The Bertz CT molecular complexity index is 419. The molecule has 0 aliphatic heterocycles. The molecule has 0 heterocycles. The maximum absolute atomic E-state index is 3.66. The van der Waals surface area contributed by atoms with Crippen molar-refractivity contribution in [2.24, 2.45) is 0 Å². The van der Waals surface area contributed by atoms with Gasteiger partial charge in [0.15, 0.2) is 0 Å². The summed E-state index contributed by atoms with van der Waals surface area (Å²) in [5, 5.41) is 3.66.